The van der Waals surface area contributed by atoms with Crippen molar-refractivity contribution in [3.8, 4) is 16.9 Å². The fourth-order valence-corrected chi connectivity index (χ4v) is 3.32. The molecule has 3 aromatic rings. The lowest BCUT2D eigenvalue weighted by atomic mass is 10.1. The van der Waals surface area contributed by atoms with E-state index in [9.17, 15) is 4.79 Å². The molecular formula is C21H20ClN3O2. The predicted octanol–water partition coefficient (Wildman–Crippen LogP) is 3.59. The molecule has 5 nitrogen and oxygen atoms in total. The predicted molar refractivity (Wildman–Crippen MR) is 105 cm³/mol. The van der Waals surface area contributed by atoms with Gasteiger partial charge in [-0.1, -0.05) is 41.9 Å². The van der Waals surface area contributed by atoms with Crippen molar-refractivity contribution in [2.24, 2.45) is 0 Å². The fraction of sp³-hybridized carbons (Fsp3) is 0.238. The minimum absolute atomic E-state index is 0.0983. The summed E-state index contributed by atoms with van der Waals surface area (Å²) in [6.07, 6.45) is 2.25. The van der Waals surface area contributed by atoms with Crippen LogP contribution < -0.4 is 0 Å². The van der Waals surface area contributed by atoms with E-state index in [2.05, 4.69) is 0 Å². The third-order valence-corrected chi connectivity index (χ3v) is 4.89. The molecule has 1 aliphatic rings. The van der Waals surface area contributed by atoms with Gasteiger partial charge in [0.2, 0.25) is 5.91 Å². The summed E-state index contributed by atoms with van der Waals surface area (Å²) >= 11 is 6.03. The van der Waals surface area contributed by atoms with Crippen molar-refractivity contribution in [3.63, 3.8) is 0 Å². The van der Waals surface area contributed by atoms with Crippen molar-refractivity contribution in [2.45, 2.75) is 6.42 Å². The molecule has 0 N–H and O–H groups in total. The molecule has 6 heteroatoms. The zero-order valence-electron chi connectivity index (χ0n) is 14.8. The van der Waals surface area contributed by atoms with Crippen LogP contribution >= 0.6 is 11.6 Å². The van der Waals surface area contributed by atoms with Gasteiger partial charge in [0, 0.05) is 35.4 Å². The van der Waals surface area contributed by atoms with E-state index in [4.69, 9.17) is 21.4 Å². The first-order chi connectivity index (χ1) is 13.2. The van der Waals surface area contributed by atoms with Gasteiger partial charge in [-0.05, 0) is 24.3 Å². The van der Waals surface area contributed by atoms with Crippen molar-refractivity contribution < 1.29 is 9.53 Å². The smallest absolute Gasteiger partial charge is 0.227 e. The molecule has 4 rings (SSSR count). The average Bonchev–Trinajstić information content (AvgIpc) is 3.13. The Morgan fingerprint density at radius 3 is 2.44 bits per heavy atom. The summed E-state index contributed by atoms with van der Waals surface area (Å²) < 4.78 is 7.17. The lowest BCUT2D eigenvalue weighted by Gasteiger charge is -2.26. The molecule has 0 spiro atoms. The molecule has 1 saturated heterocycles. The highest BCUT2D eigenvalue weighted by atomic mass is 35.5. The number of rotatable bonds is 4. The minimum Gasteiger partial charge on any atom is -0.378 e. The SMILES string of the molecule is O=C(Cc1cn(-c2ccccc2)nc1-c1ccc(Cl)cc1)N1CCOCC1. The Morgan fingerprint density at radius 1 is 1.04 bits per heavy atom. The van der Waals surface area contributed by atoms with Crippen molar-refractivity contribution in [1.82, 2.24) is 14.7 Å². The molecule has 2 aromatic carbocycles. The highest BCUT2D eigenvalue weighted by Crippen LogP contribution is 2.26. The largest absolute Gasteiger partial charge is 0.378 e. The third kappa shape index (κ3) is 4.04. The number of hydrogen-bond acceptors (Lipinski definition) is 3. The summed E-state index contributed by atoms with van der Waals surface area (Å²) in [6.45, 7) is 2.47. The van der Waals surface area contributed by atoms with Gasteiger partial charge in [0.05, 0.1) is 31.0 Å². The number of aromatic nitrogens is 2. The second-order valence-electron chi connectivity index (χ2n) is 6.46. The van der Waals surface area contributed by atoms with Gasteiger partial charge in [-0.3, -0.25) is 4.79 Å². The number of para-hydroxylation sites is 1. The van der Waals surface area contributed by atoms with Crippen molar-refractivity contribution >= 4 is 17.5 Å². The van der Waals surface area contributed by atoms with E-state index in [0.29, 0.717) is 37.7 Å². The number of nitrogens with zero attached hydrogens (tertiary/aromatic N) is 3. The lowest BCUT2D eigenvalue weighted by Crippen LogP contribution is -2.41. The number of halogens is 1. The maximum absolute atomic E-state index is 12.8. The van der Waals surface area contributed by atoms with E-state index in [1.165, 1.54) is 0 Å². The van der Waals surface area contributed by atoms with Crippen molar-refractivity contribution in [1.29, 1.82) is 0 Å². The van der Waals surface area contributed by atoms with Gasteiger partial charge in [0.25, 0.3) is 0 Å². The summed E-state index contributed by atoms with van der Waals surface area (Å²) in [5, 5.41) is 5.43. The Kier molecular flexibility index (Phi) is 5.23. The van der Waals surface area contributed by atoms with E-state index in [1.807, 2.05) is 70.4 Å². The van der Waals surface area contributed by atoms with Crippen molar-refractivity contribution in [3.05, 3.63) is 71.4 Å². The van der Waals surface area contributed by atoms with Crippen LogP contribution in [0.3, 0.4) is 0 Å². The highest BCUT2D eigenvalue weighted by Gasteiger charge is 2.21. The molecule has 138 valence electrons. The summed E-state index contributed by atoms with van der Waals surface area (Å²) in [4.78, 5) is 14.6. The fourth-order valence-electron chi connectivity index (χ4n) is 3.19. The topological polar surface area (TPSA) is 47.4 Å². The number of carbonyl (C=O) groups excluding carboxylic acids is 1. The van der Waals surface area contributed by atoms with Gasteiger partial charge in [0.1, 0.15) is 0 Å². The Morgan fingerprint density at radius 2 is 1.74 bits per heavy atom. The summed E-state index contributed by atoms with van der Waals surface area (Å²) in [5.41, 5.74) is 3.60. The molecule has 0 saturated carbocycles. The van der Waals surface area contributed by atoms with Crippen LogP contribution in [0.15, 0.2) is 60.8 Å². The van der Waals surface area contributed by atoms with E-state index >= 15 is 0 Å². The maximum atomic E-state index is 12.8. The van der Waals surface area contributed by atoms with E-state index in [-0.39, 0.29) is 5.91 Å². The number of benzene rings is 2. The molecule has 1 amide bonds. The Labute approximate surface area is 163 Å². The molecule has 1 aromatic heterocycles. The molecule has 0 aliphatic carbocycles. The molecule has 0 radical (unpaired) electrons. The monoisotopic (exact) mass is 381 g/mol. The highest BCUT2D eigenvalue weighted by molar-refractivity contribution is 6.30. The standard InChI is InChI=1S/C21H20ClN3O2/c22-18-8-6-16(7-9-18)21-17(14-20(26)24-10-12-27-13-11-24)15-25(23-21)19-4-2-1-3-5-19/h1-9,15H,10-14H2. The van der Waals surface area contributed by atoms with Gasteiger partial charge in [-0.15, -0.1) is 0 Å². The van der Waals surface area contributed by atoms with Crippen molar-refractivity contribution in [2.75, 3.05) is 26.3 Å². The Balaban J connectivity index is 1.68. The number of ether oxygens (including phenoxy) is 1. The first kappa shape index (κ1) is 17.8. The van der Waals surface area contributed by atoms with Gasteiger partial charge in [-0.2, -0.15) is 5.10 Å². The zero-order valence-corrected chi connectivity index (χ0v) is 15.6. The number of carbonyl (C=O) groups is 1. The Hall–Kier alpha value is -2.63. The maximum Gasteiger partial charge on any atom is 0.227 e. The van der Waals surface area contributed by atoms with Gasteiger partial charge in [0.15, 0.2) is 0 Å². The van der Waals surface area contributed by atoms with Crippen LogP contribution in [-0.2, 0) is 16.0 Å². The van der Waals surface area contributed by atoms with Crippen LogP contribution in [0, 0.1) is 0 Å². The zero-order chi connectivity index (χ0) is 18.6. The third-order valence-electron chi connectivity index (χ3n) is 4.63. The van der Waals surface area contributed by atoms with Gasteiger partial charge >= 0.3 is 0 Å². The first-order valence-corrected chi connectivity index (χ1v) is 9.34. The van der Waals surface area contributed by atoms with Gasteiger partial charge < -0.3 is 9.64 Å². The first-order valence-electron chi connectivity index (χ1n) is 8.96. The number of amides is 1. The molecule has 0 bridgehead atoms. The summed E-state index contributed by atoms with van der Waals surface area (Å²) in [7, 11) is 0. The van der Waals surface area contributed by atoms with Crippen LogP contribution in [-0.4, -0.2) is 46.9 Å². The molecule has 1 aliphatic heterocycles. The average molecular weight is 382 g/mol. The molecule has 27 heavy (non-hydrogen) atoms. The Bertz CT molecular complexity index is 916. The van der Waals surface area contributed by atoms with Crippen LogP contribution in [0.25, 0.3) is 16.9 Å². The quantitative estimate of drug-likeness (QED) is 0.693. The van der Waals surface area contributed by atoms with Gasteiger partial charge in [-0.25, -0.2) is 4.68 Å². The van der Waals surface area contributed by atoms with E-state index in [1.54, 1.807) is 0 Å². The molecule has 0 atom stereocenters. The molecule has 1 fully saturated rings. The minimum atomic E-state index is 0.0983. The number of morpholine rings is 1. The lowest BCUT2D eigenvalue weighted by molar-refractivity contribution is -0.134. The second-order valence-corrected chi connectivity index (χ2v) is 6.90. The van der Waals surface area contributed by atoms with E-state index in [0.717, 1.165) is 22.5 Å². The van der Waals surface area contributed by atoms with Crippen LogP contribution in [0.2, 0.25) is 5.02 Å². The van der Waals surface area contributed by atoms with E-state index < -0.39 is 0 Å². The second kappa shape index (κ2) is 7.94. The van der Waals surface area contributed by atoms with Crippen LogP contribution in [0.1, 0.15) is 5.56 Å². The summed E-state index contributed by atoms with van der Waals surface area (Å²) in [5.74, 6) is 0.0983. The normalized spacial score (nSPS) is 14.3. The summed E-state index contributed by atoms with van der Waals surface area (Å²) in [6, 6.07) is 17.4. The van der Waals surface area contributed by atoms with Crippen LogP contribution in [0.4, 0.5) is 0 Å². The van der Waals surface area contributed by atoms with Crippen LogP contribution in [0.5, 0.6) is 0 Å². The number of hydrogen-bond donors (Lipinski definition) is 0. The molecule has 0 unspecified atom stereocenters. The molecular weight excluding hydrogens is 362 g/mol. The molecule has 2 heterocycles.